The fourth-order valence-electron chi connectivity index (χ4n) is 2.64. The number of benzene rings is 1. The van der Waals surface area contributed by atoms with Crippen molar-refractivity contribution in [2.75, 3.05) is 12.4 Å². The Bertz CT molecular complexity index is 490. The van der Waals surface area contributed by atoms with Gasteiger partial charge in [-0.1, -0.05) is 19.1 Å². The summed E-state index contributed by atoms with van der Waals surface area (Å²) in [5, 5.41) is 2.87. The van der Waals surface area contributed by atoms with Gasteiger partial charge in [0.25, 0.3) is 0 Å². The van der Waals surface area contributed by atoms with E-state index < -0.39 is 5.97 Å². The number of carbonyl (C=O) groups is 2. The molecule has 1 aromatic rings. The largest absolute Gasteiger partial charge is 0.465 e. The minimum Gasteiger partial charge on any atom is -0.465 e. The second kappa shape index (κ2) is 6.55. The van der Waals surface area contributed by atoms with Crippen LogP contribution in [0.15, 0.2) is 24.3 Å². The van der Waals surface area contributed by atoms with Gasteiger partial charge in [0, 0.05) is 5.92 Å². The topological polar surface area (TPSA) is 55.4 Å². The summed E-state index contributed by atoms with van der Waals surface area (Å²) in [6, 6.07) is 6.94. The molecule has 1 saturated carbocycles. The number of nitrogens with one attached hydrogen (secondary N) is 1. The van der Waals surface area contributed by atoms with Crippen molar-refractivity contribution >= 4 is 17.6 Å². The van der Waals surface area contributed by atoms with Crippen molar-refractivity contribution in [1.29, 1.82) is 0 Å². The molecule has 1 aliphatic carbocycles. The molecule has 0 saturated heterocycles. The SMILES string of the molecule is COC(=O)c1ccccc1NC(=O)C1CCC(C)CC1. The molecule has 0 aliphatic heterocycles. The normalized spacial score (nSPS) is 22.1. The van der Waals surface area contributed by atoms with Crippen LogP contribution in [0.1, 0.15) is 43.0 Å². The van der Waals surface area contributed by atoms with Crippen LogP contribution in [-0.4, -0.2) is 19.0 Å². The number of methoxy groups -OCH3 is 1. The fourth-order valence-corrected chi connectivity index (χ4v) is 2.64. The van der Waals surface area contributed by atoms with Crippen LogP contribution in [0.3, 0.4) is 0 Å². The summed E-state index contributed by atoms with van der Waals surface area (Å²) in [6.45, 7) is 2.22. The molecule has 108 valence electrons. The molecule has 1 aliphatic rings. The lowest BCUT2D eigenvalue weighted by molar-refractivity contribution is -0.121. The number of hydrogen-bond donors (Lipinski definition) is 1. The number of anilines is 1. The zero-order valence-electron chi connectivity index (χ0n) is 12.0. The summed E-state index contributed by atoms with van der Waals surface area (Å²) in [5.41, 5.74) is 0.926. The summed E-state index contributed by atoms with van der Waals surface area (Å²) < 4.78 is 4.73. The third-order valence-electron chi connectivity index (χ3n) is 3.98. The van der Waals surface area contributed by atoms with Crippen LogP contribution in [0.5, 0.6) is 0 Å². The molecule has 0 spiro atoms. The van der Waals surface area contributed by atoms with E-state index in [9.17, 15) is 9.59 Å². The first kappa shape index (κ1) is 14.6. The summed E-state index contributed by atoms with van der Waals surface area (Å²) in [4.78, 5) is 23.9. The van der Waals surface area contributed by atoms with Crippen LogP contribution in [-0.2, 0) is 9.53 Å². The highest BCUT2D eigenvalue weighted by atomic mass is 16.5. The van der Waals surface area contributed by atoms with Crippen molar-refractivity contribution in [3.8, 4) is 0 Å². The maximum Gasteiger partial charge on any atom is 0.339 e. The van der Waals surface area contributed by atoms with Gasteiger partial charge in [0.05, 0.1) is 18.4 Å². The molecule has 4 heteroatoms. The summed E-state index contributed by atoms with van der Waals surface area (Å²) in [7, 11) is 1.34. The van der Waals surface area contributed by atoms with Gasteiger partial charge >= 0.3 is 5.97 Å². The minimum absolute atomic E-state index is 0.00764. The lowest BCUT2D eigenvalue weighted by atomic mass is 9.82. The molecular weight excluding hydrogens is 254 g/mol. The Balaban J connectivity index is 2.06. The first-order valence-corrected chi connectivity index (χ1v) is 7.10. The Labute approximate surface area is 119 Å². The highest BCUT2D eigenvalue weighted by molar-refractivity contribution is 6.01. The van der Waals surface area contributed by atoms with Crippen LogP contribution in [0.4, 0.5) is 5.69 Å². The van der Waals surface area contributed by atoms with Crippen molar-refractivity contribution < 1.29 is 14.3 Å². The molecule has 4 nitrogen and oxygen atoms in total. The van der Waals surface area contributed by atoms with Crippen molar-refractivity contribution in [1.82, 2.24) is 0 Å². The minimum atomic E-state index is -0.432. The number of rotatable bonds is 3. The van der Waals surface area contributed by atoms with E-state index in [1.807, 2.05) is 0 Å². The maximum absolute atomic E-state index is 12.3. The fraction of sp³-hybridized carbons (Fsp3) is 0.500. The van der Waals surface area contributed by atoms with Crippen LogP contribution >= 0.6 is 0 Å². The molecule has 1 N–H and O–H groups in total. The number of para-hydroxylation sites is 1. The number of esters is 1. The lowest BCUT2D eigenvalue weighted by Crippen LogP contribution is -2.27. The second-order valence-electron chi connectivity index (χ2n) is 5.48. The molecular formula is C16H21NO3. The molecule has 0 heterocycles. The average molecular weight is 275 g/mol. The van der Waals surface area contributed by atoms with Gasteiger partial charge < -0.3 is 10.1 Å². The Hall–Kier alpha value is -1.84. The van der Waals surface area contributed by atoms with Gasteiger partial charge in [0.1, 0.15) is 0 Å². The van der Waals surface area contributed by atoms with Crippen LogP contribution in [0.2, 0.25) is 0 Å². The van der Waals surface area contributed by atoms with Crippen molar-refractivity contribution in [2.24, 2.45) is 11.8 Å². The van der Waals surface area contributed by atoms with Crippen molar-refractivity contribution in [2.45, 2.75) is 32.6 Å². The van der Waals surface area contributed by atoms with Crippen LogP contribution in [0, 0.1) is 11.8 Å². The van der Waals surface area contributed by atoms with Gasteiger partial charge in [0.15, 0.2) is 0 Å². The van der Waals surface area contributed by atoms with E-state index in [1.54, 1.807) is 24.3 Å². The number of ether oxygens (including phenoxy) is 1. The summed E-state index contributed by atoms with van der Waals surface area (Å²) in [5.74, 6) is 0.338. The average Bonchev–Trinajstić information content (AvgIpc) is 2.47. The molecule has 1 aromatic carbocycles. The van der Waals surface area contributed by atoms with E-state index in [-0.39, 0.29) is 11.8 Å². The molecule has 0 aromatic heterocycles. The zero-order chi connectivity index (χ0) is 14.5. The molecule has 0 unspecified atom stereocenters. The van der Waals surface area contributed by atoms with Crippen molar-refractivity contribution in [3.05, 3.63) is 29.8 Å². The van der Waals surface area contributed by atoms with Gasteiger partial charge in [-0.3, -0.25) is 4.79 Å². The number of amides is 1. The third kappa shape index (κ3) is 3.38. The van der Waals surface area contributed by atoms with E-state index in [2.05, 4.69) is 12.2 Å². The van der Waals surface area contributed by atoms with Gasteiger partial charge in [-0.05, 0) is 43.7 Å². The van der Waals surface area contributed by atoms with E-state index in [0.29, 0.717) is 17.2 Å². The Kier molecular flexibility index (Phi) is 4.77. The van der Waals surface area contributed by atoms with Gasteiger partial charge in [0.2, 0.25) is 5.91 Å². The monoisotopic (exact) mass is 275 g/mol. The maximum atomic E-state index is 12.3. The van der Waals surface area contributed by atoms with E-state index >= 15 is 0 Å². The Morgan fingerprint density at radius 3 is 2.45 bits per heavy atom. The summed E-state index contributed by atoms with van der Waals surface area (Å²) in [6.07, 6.45) is 4.04. The molecule has 2 rings (SSSR count). The molecule has 0 radical (unpaired) electrons. The second-order valence-corrected chi connectivity index (χ2v) is 5.48. The molecule has 0 atom stereocenters. The van der Waals surface area contributed by atoms with Crippen LogP contribution < -0.4 is 5.32 Å². The zero-order valence-corrected chi connectivity index (χ0v) is 12.0. The first-order chi connectivity index (χ1) is 9.61. The predicted octanol–water partition coefficient (Wildman–Crippen LogP) is 3.24. The third-order valence-corrected chi connectivity index (χ3v) is 3.98. The van der Waals surface area contributed by atoms with Gasteiger partial charge in [-0.2, -0.15) is 0 Å². The van der Waals surface area contributed by atoms with E-state index in [1.165, 1.54) is 7.11 Å². The van der Waals surface area contributed by atoms with Gasteiger partial charge in [-0.15, -0.1) is 0 Å². The molecule has 20 heavy (non-hydrogen) atoms. The van der Waals surface area contributed by atoms with E-state index in [4.69, 9.17) is 4.74 Å². The Morgan fingerprint density at radius 2 is 1.80 bits per heavy atom. The van der Waals surface area contributed by atoms with Crippen molar-refractivity contribution in [3.63, 3.8) is 0 Å². The lowest BCUT2D eigenvalue weighted by Gasteiger charge is -2.25. The molecule has 0 bridgehead atoms. The summed E-state index contributed by atoms with van der Waals surface area (Å²) >= 11 is 0. The smallest absolute Gasteiger partial charge is 0.339 e. The highest BCUT2D eigenvalue weighted by Gasteiger charge is 2.25. The first-order valence-electron chi connectivity index (χ1n) is 7.10. The van der Waals surface area contributed by atoms with Gasteiger partial charge in [-0.25, -0.2) is 4.79 Å². The quantitative estimate of drug-likeness (QED) is 0.862. The molecule has 1 amide bonds. The molecule has 1 fully saturated rings. The Morgan fingerprint density at radius 1 is 1.15 bits per heavy atom. The predicted molar refractivity (Wildman–Crippen MR) is 77.5 cm³/mol. The highest BCUT2D eigenvalue weighted by Crippen LogP contribution is 2.29. The van der Waals surface area contributed by atoms with Crippen LogP contribution in [0.25, 0.3) is 0 Å². The standard InChI is InChI=1S/C16H21NO3/c1-11-7-9-12(10-8-11)15(18)17-14-6-4-3-5-13(14)16(19)20-2/h3-6,11-12H,7-10H2,1-2H3,(H,17,18). The van der Waals surface area contributed by atoms with E-state index in [0.717, 1.165) is 25.7 Å². The number of carbonyl (C=O) groups excluding carboxylic acids is 2. The number of hydrogen-bond acceptors (Lipinski definition) is 3.